The van der Waals surface area contributed by atoms with E-state index in [4.69, 9.17) is 4.52 Å². The lowest BCUT2D eigenvalue weighted by molar-refractivity contribution is -0.140. The van der Waals surface area contributed by atoms with Crippen molar-refractivity contribution >= 4 is 32.1 Å². The van der Waals surface area contributed by atoms with E-state index in [9.17, 15) is 26.3 Å². The van der Waals surface area contributed by atoms with E-state index in [0.29, 0.717) is 22.7 Å². The number of thiophene rings is 1. The van der Waals surface area contributed by atoms with Crippen molar-refractivity contribution in [3.05, 3.63) is 34.2 Å². The van der Waals surface area contributed by atoms with Gasteiger partial charge in [-0.05, 0) is 12.1 Å². The predicted molar refractivity (Wildman–Crippen MR) is 86.8 cm³/mol. The van der Waals surface area contributed by atoms with Gasteiger partial charge in [-0.25, -0.2) is 9.97 Å². The van der Waals surface area contributed by atoms with Gasteiger partial charge in [0.15, 0.2) is 16.5 Å². The molecular formula is C13H6F6N3OPS2. The standard InChI is InChI=1S/C13H6F6N3OPS2/c14-12(15,16)7-4-25-11(21-7)10-20-5(3-9(22-10)23-24)6-1-2-8(26-6)13(17,18)19/h1-4H,24H2. The minimum absolute atomic E-state index is 0.0410. The fourth-order valence-corrected chi connectivity index (χ4v) is 3.55. The number of hydrogen-bond donors (Lipinski definition) is 0. The summed E-state index contributed by atoms with van der Waals surface area (Å²) >= 11 is 1.12. The van der Waals surface area contributed by atoms with Gasteiger partial charge in [-0.3, -0.25) is 0 Å². The SMILES string of the molecule is FC(F)(F)c1csc(-c2nc(OP)cc(-c3ccc(C(F)(F)F)s3)n2)n1. The molecule has 3 aromatic heterocycles. The number of thiazole rings is 1. The second-order valence-electron chi connectivity index (χ2n) is 4.73. The zero-order valence-corrected chi connectivity index (χ0v) is 15.0. The van der Waals surface area contributed by atoms with Crippen molar-refractivity contribution in [1.29, 1.82) is 0 Å². The maximum atomic E-state index is 12.8. The van der Waals surface area contributed by atoms with Gasteiger partial charge in [0.25, 0.3) is 0 Å². The first-order valence-electron chi connectivity index (χ1n) is 6.54. The summed E-state index contributed by atoms with van der Waals surface area (Å²) in [5.74, 6) is -0.219. The van der Waals surface area contributed by atoms with E-state index in [1.54, 1.807) is 0 Å². The summed E-state index contributed by atoms with van der Waals surface area (Å²) in [4.78, 5) is 10.7. The molecule has 3 heterocycles. The Labute approximate surface area is 152 Å². The first kappa shape index (κ1) is 19.0. The second kappa shape index (κ2) is 6.75. The van der Waals surface area contributed by atoms with Crippen molar-refractivity contribution in [2.24, 2.45) is 0 Å². The summed E-state index contributed by atoms with van der Waals surface area (Å²) in [6.07, 6.45) is -9.13. The lowest BCUT2D eigenvalue weighted by Crippen LogP contribution is -2.05. The second-order valence-corrected chi connectivity index (χ2v) is 6.91. The van der Waals surface area contributed by atoms with E-state index in [2.05, 4.69) is 15.0 Å². The highest BCUT2D eigenvalue weighted by molar-refractivity contribution is 7.15. The molecule has 0 amide bonds. The molecule has 138 valence electrons. The number of alkyl halides is 6. The van der Waals surface area contributed by atoms with Gasteiger partial charge in [-0.15, -0.1) is 22.7 Å². The van der Waals surface area contributed by atoms with Crippen LogP contribution < -0.4 is 4.52 Å². The van der Waals surface area contributed by atoms with Crippen molar-refractivity contribution in [2.75, 3.05) is 0 Å². The number of hydrogen-bond acceptors (Lipinski definition) is 6. The zero-order valence-electron chi connectivity index (χ0n) is 12.2. The van der Waals surface area contributed by atoms with E-state index >= 15 is 0 Å². The molecule has 0 aliphatic heterocycles. The summed E-state index contributed by atoms with van der Waals surface area (Å²) in [6.45, 7) is 0. The molecule has 0 aliphatic rings. The minimum Gasteiger partial charge on any atom is -0.463 e. The Hall–Kier alpha value is -1.78. The van der Waals surface area contributed by atoms with Crippen LogP contribution in [0, 0.1) is 0 Å². The number of nitrogens with zero attached hydrogens (tertiary/aromatic N) is 3. The van der Waals surface area contributed by atoms with Crippen LogP contribution in [0.3, 0.4) is 0 Å². The quantitative estimate of drug-likeness (QED) is 0.406. The van der Waals surface area contributed by atoms with Crippen LogP contribution in [0.15, 0.2) is 23.6 Å². The Morgan fingerprint density at radius 3 is 2.23 bits per heavy atom. The monoisotopic (exact) mass is 429 g/mol. The minimum atomic E-state index is -4.62. The van der Waals surface area contributed by atoms with Crippen molar-refractivity contribution in [1.82, 2.24) is 15.0 Å². The largest absolute Gasteiger partial charge is 0.463 e. The van der Waals surface area contributed by atoms with Gasteiger partial charge in [0, 0.05) is 11.4 Å². The van der Waals surface area contributed by atoms with Gasteiger partial charge in [0.2, 0.25) is 5.88 Å². The molecule has 1 atom stereocenters. The number of aromatic nitrogens is 3. The molecule has 26 heavy (non-hydrogen) atoms. The van der Waals surface area contributed by atoms with Crippen molar-refractivity contribution in [3.8, 4) is 27.3 Å². The third-order valence-corrected chi connectivity index (χ3v) is 5.18. The molecule has 0 radical (unpaired) electrons. The van der Waals surface area contributed by atoms with E-state index < -0.39 is 22.9 Å². The van der Waals surface area contributed by atoms with Crippen LogP contribution in [-0.4, -0.2) is 15.0 Å². The van der Waals surface area contributed by atoms with Crippen LogP contribution in [0.5, 0.6) is 5.88 Å². The first-order chi connectivity index (χ1) is 12.1. The van der Waals surface area contributed by atoms with Crippen molar-refractivity contribution in [2.45, 2.75) is 12.4 Å². The van der Waals surface area contributed by atoms with Crippen molar-refractivity contribution < 1.29 is 30.9 Å². The zero-order chi connectivity index (χ0) is 19.1. The van der Waals surface area contributed by atoms with Gasteiger partial charge < -0.3 is 4.52 Å². The van der Waals surface area contributed by atoms with Crippen LogP contribution in [0.1, 0.15) is 10.6 Å². The highest BCUT2D eigenvalue weighted by atomic mass is 32.1. The van der Waals surface area contributed by atoms with Gasteiger partial charge in [0.1, 0.15) is 4.88 Å². The fraction of sp³-hybridized carbons (Fsp3) is 0.154. The lowest BCUT2D eigenvalue weighted by Gasteiger charge is -2.05. The Morgan fingerprint density at radius 1 is 0.962 bits per heavy atom. The van der Waals surface area contributed by atoms with Crippen LogP contribution in [0.2, 0.25) is 0 Å². The van der Waals surface area contributed by atoms with Crippen LogP contribution >= 0.6 is 32.1 Å². The molecule has 3 aromatic rings. The highest BCUT2D eigenvalue weighted by Gasteiger charge is 2.34. The lowest BCUT2D eigenvalue weighted by atomic mass is 10.3. The number of rotatable bonds is 3. The topological polar surface area (TPSA) is 47.9 Å². The predicted octanol–water partition coefficient (Wildman–Crippen LogP) is 5.54. The molecule has 13 heteroatoms. The Morgan fingerprint density at radius 2 is 1.69 bits per heavy atom. The van der Waals surface area contributed by atoms with E-state index in [0.717, 1.165) is 11.4 Å². The first-order valence-corrected chi connectivity index (χ1v) is 8.71. The van der Waals surface area contributed by atoms with Gasteiger partial charge in [-0.1, -0.05) is 0 Å². The summed E-state index contributed by atoms with van der Waals surface area (Å²) in [5, 5.41) is 0.675. The summed E-state index contributed by atoms with van der Waals surface area (Å²) in [7, 11) is 1.90. The van der Waals surface area contributed by atoms with Crippen LogP contribution in [0.25, 0.3) is 21.4 Å². The smallest absolute Gasteiger partial charge is 0.434 e. The van der Waals surface area contributed by atoms with Crippen LogP contribution in [0.4, 0.5) is 26.3 Å². The highest BCUT2D eigenvalue weighted by Crippen LogP contribution is 2.39. The molecule has 3 rings (SSSR count). The third kappa shape index (κ3) is 3.97. The molecule has 0 saturated heterocycles. The molecule has 0 aliphatic carbocycles. The molecule has 0 bridgehead atoms. The summed E-state index contributed by atoms with van der Waals surface area (Å²) in [6, 6.07) is 3.39. The average Bonchev–Trinajstić information content (AvgIpc) is 3.22. The molecule has 0 N–H and O–H groups in total. The van der Waals surface area contributed by atoms with E-state index in [1.807, 2.05) is 9.47 Å². The third-order valence-electron chi connectivity index (χ3n) is 2.95. The normalized spacial score (nSPS) is 12.4. The molecule has 4 nitrogen and oxygen atoms in total. The fourth-order valence-electron chi connectivity index (χ4n) is 1.84. The molecule has 0 fully saturated rings. The van der Waals surface area contributed by atoms with E-state index in [-0.39, 0.29) is 27.3 Å². The Kier molecular flexibility index (Phi) is 4.93. The van der Waals surface area contributed by atoms with Gasteiger partial charge >= 0.3 is 12.4 Å². The Balaban J connectivity index is 2.05. The van der Waals surface area contributed by atoms with E-state index in [1.165, 1.54) is 12.1 Å². The summed E-state index contributed by atoms with van der Waals surface area (Å²) in [5.41, 5.74) is -1.02. The van der Waals surface area contributed by atoms with Gasteiger partial charge in [-0.2, -0.15) is 31.3 Å². The molecule has 0 spiro atoms. The average molecular weight is 429 g/mol. The molecular weight excluding hydrogens is 423 g/mol. The molecule has 0 saturated carbocycles. The van der Waals surface area contributed by atoms with Gasteiger partial charge in [0.05, 0.1) is 20.0 Å². The van der Waals surface area contributed by atoms with Crippen LogP contribution in [-0.2, 0) is 12.4 Å². The maximum absolute atomic E-state index is 12.8. The maximum Gasteiger partial charge on any atom is 0.434 e. The number of halogens is 6. The van der Waals surface area contributed by atoms with Crippen molar-refractivity contribution in [3.63, 3.8) is 0 Å². The Bertz CT molecular complexity index is 866. The molecule has 0 aromatic carbocycles. The summed E-state index contributed by atoms with van der Waals surface area (Å²) < 4.78 is 81.2. The molecule has 1 unspecified atom stereocenters.